The average Bonchev–Trinajstić information content (AvgIpc) is 2.92. The maximum absolute atomic E-state index is 13.7. The van der Waals surface area contributed by atoms with Crippen molar-refractivity contribution in [2.24, 2.45) is 0 Å². The number of hydrogen-bond donors (Lipinski definition) is 1. The van der Waals surface area contributed by atoms with Crippen molar-refractivity contribution in [3.8, 4) is 0 Å². The Labute approximate surface area is 240 Å². The molecule has 1 aliphatic carbocycles. The number of amides is 2. The Kier molecular flexibility index (Phi) is 9.54. The Morgan fingerprint density at radius 1 is 0.949 bits per heavy atom. The first-order valence-corrected chi connectivity index (χ1v) is 15.3. The fraction of sp³-hybridized carbons (Fsp3) is 0.379. The Morgan fingerprint density at radius 2 is 1.59 bits per heavy atom. The van der Waals surface area contributed by atoms with E-state index < -0.39 is 28.5 Å². The molecule has 1 aliphatic rings. The summed E-state index contributed by atoms with van der Waals surface area (Å²) in [5.41, 5.74) is 0.492. The van der Waals surface area contributed by atoms with Gasteiger partial charge in [-0.25, -0.2) is 8.42 Å². The summed E-state index contributed by atoms with van der Waals surface area (Å²) in [5.74, 6) is -0.831. The van der Waals surface area contributed by atoms with E-state index >= 15 is 0 Å². The molecule has 0 bridgehead atoms. The molecule has 1 saturated carbocycles. The second-order valence-electron chi connectivity index (χ2n) is 10.0. The summed E-state index contributed by atoms with van der Waals surface area (Å²) in [5, 5.41) is 5.47. The molecule has 3 aromatic carbocycles. The molecule has 1 fully saturated rings. The molecular weight excluding hydrogens is 557 g/mol. The third-order valence-corrected chi connectivity index (χ3v) is 9.80. The minimum absolute atomic E-state index is 0.0412. The van der Waals surface area contributed by atoms with Crippen LogP contribution >= 0.6 is 23.2 Å². The lowest BCUT2D eigenvalue weighted by Crippen LogP contribution is -2.52. The van der Waals surface area contributed by atoms with Crippen molar-refractivity contribution in [2.45, 2.75) is 62.6 Å². The maximum atomic E-state index is 13.7. The van der Waals surface area contributed by atoms with Gasteiger partial charge in [-0.15, -0.1) is 0 Å². The van der Waals surface area contributed by atoms with Crippen LogP contribution in [0.5, 0.6) is 0 Å². The molecule has 7 nitrogen and oxygen atoms in total. The number of rotatable bonds is 9. The van der Waals surface area contributed by atoms with E-state index in [1.165, 1.54) is 18.0 Å². The van der Waals surface area contributed by atoms with Gasteiger partial charge in [0.25, 0.3) is 0 Å². The summed E-state index contributed by atoms with van der Waals surface area (Å²) in [6, 6.07) is 16.5. The number of nitrogens with one attached hydrogen (secondary N) is 1. The highest BCUT2D eigenvalue weighted by molar-refractivity contribution is 7.89. The van der Waals surface area contributed by atoms with Crippen LogP contribution in [0.2, 0.25) is 10.0 Å². The summed E-state index contributed by atoms with van der Waals surface area (Å²) in [7, 11) is -2.63. The predicted molar refractivity (Wildman–Crippen MR) is 155 cm³/mol. The fourth-order valence-electron chi connectivity index (χ4n) is 4.88. The van der Waals surface area contributed by atoms with Crippen molar-refractivity contribution in [3.63, 3.8) is 0 Å². The highest BCUT2D eigenvalue weighted by Crippen LogP contribution is 2.27. The quantitative estimate of drug-likeness (QED) is 0.350. The van der Waals surface area contributed by atoms with Crippen LogP contribution in [-0.4, -0.2) is 55.1 Å². The van der Waals surface area contributed by atoms with E-state index in [1.807, 2.05) is 24.3 Å². The first-order chi connectivity index (χ1) is 18.6. The van der Waals surface area contributed by atoms with Crippen LogP contribution in [0.1, 0.15) is 44.6 Å². The third kappa shape index (κ3) is 6.92. The van der Waals surface area contributed by atoms with Crippen molar-refractivity contribution < 1.29 is 18.0 Å². The van der Waals surface area contributed by atoms with Crippen molar-refractivity contribution in [1.82, 2.24) is 14.5 Å². The molecule has 1 N–H and O–H groups in total. The van der Waals surface area contributed by atoms with E-state index in [4.69, 9.17) is 23.2 Å². The van der Waals surface area contributed by atoms with E-state index in [9.17, 15) is 18.0 Å². The summed E-state index contributed by atoms with van der Waals surface area (Å²) in [4.78, 5) is 28.3. The van der Waals surface area contributed by atoms with Crippen LogP contribution in [0.25, 0.3) is 10.8 Å². The summed E-state index contributed by atoms with van der Waals surface area (Å²) >= 11 is 12.8. The van der Waals surface area contributed by atoms with Crippen LogP contribution in [0.4, 0.5) is 0 Å². The zero-order valence-electron chi connectivity index (χ0n) is 22.1. The summed E-state index contributed by atoms with van der Waals surface area (Å²) < 4.78 is 27.8. The van der Waals surface area contributed by atoms with Gasteiger partial charge in [-0.3, -0.25) is 9.59 Å². The van der Waals surface area contributed by atoms with Crippen LogP contribution in [-0.2, 0) is 26.2 Å². The number of carbonyl (C=O) groups is 2. The van der Waals surface area contributed by atoms with E-state index in [-0.39, 0.29) is 23.4 Å². The molecule has 39 heavy (non-hydrogen) atoms. The molecule has 0 saturated heterocycles. The number of nitrogens with zero attached hydrogens (tertiary/aromatic N) is 2. The Balaban J connectivity index is 1.57. The van der Waals surface area contributed by atoms with E-state index in [0.29, 0.717) is 15.6 Å². The molecule has 10 heteroatoms. The van der Waals surface area contributed by atoms with Gasteiger partial charge in [0, 0.05) is 35.2 Å². The first-order valence-electron chi connectivity index (χ1n) is 13.1. The second-order valence-corrected chi connectivity index (χ2v) is 12.9. The third-order valence-electron chi connectivity index (χ3n) is 7.30. The van der Waals surface area contributed by atoms with Gasteiger partial charge in [0.2, 0.25) is 21.8 Å². The van der Waals surface area contributed by atoms with Gasteiger partial charge in [-0.05, 0) is 54.8 Å². The molecule has 0 spiro atoms. The minimum atomic E-state index is -3.98. The predicted octanol–water partition coefficient (Wildman–Crippen LogP) is 5.63. The lowest BCUT2D eigenvalue weighted by molar-refractivity contribution is -0.141. The monoisotopic (exact) mass is 589 g/mol. The highest BCUT2D eigenvalue weighted by atomic mass is 35.5. The normalized spacial score (nSPS) is 15.3. The molecule has 208 valence electrons. The number of halogens is 2. The van der Waals surface area contributed by atoms with Crippen molar-refractivity contribution in [2.75, 3.05) is 13.6 Å². The SMILES string of the molecule is CC(C(=O)NC1CCCCC1)N(Cc1c(Cl)cccc1Cl)C(=O)CN(C)S(=O)(=O)c1ccc2ccccc2c1. The van der Waals surface area contributed by atoms with Crippen LogP contribution in [0.3, 0.4) is 0 Å². The largest absolute Gasteiger partial charge is 0.352 e. The smallest absolute Gasteiger partial charge is 0.243 e. The molecule has 0 aliphatic heterocycles. The molecule has 0 radical (unpaired) electrons. The van der Waals surface area contributed by atoms with E-state index in [2.05, 4.69) is 5.32 Å². The van der Waals surface area contributed by atoms with Gasteiger partial charge in [0.1, 0.15) is 6.04 Å². The highest BCUT2D eigenvalue weighted by Gasteiger charge is 2.32. The Morgan fingerprint density at radius 3 is 2.26 bits per heavy atom. The Bertz CT molecular complexity index is 1440. The number of likely N-dealkylation sites (N-methyl/N-ethyl adjacent to an activating group) is 1. The van der Waals surface area contributed by atoms with E-state index in [1.54, 1.807) is 37.3 Å². The first kappa shape index (κ1) is 29.3. The van der Waals surface area contributed by atoms with Gasteiger partial charge < -0.3 is 10.2 Å². The van der Waals surface area contributed by atoms with Gasteiger partial charge in [-0.1, -0.05) is 78.9 Å². The van der Waals surface area contributed by atoms with E-state index in [0.717, 1.165) is 47.2 Å². The zero-order valence-corrected chi connectivity index (χ0v) is 24.4. The fourth-order valence-corrected chi connectivity index (χ4v) is 6.55. The maximum Gasteiger partial charge on any atom is 0.243 e. The van der Waals surface area contributed by atoms with Gasteiger partial charge >= 0.3 is 0 Å². The van der Waals surface area contributed by atoms with Crippen molar-refractivity contribution >= 4 is 55.8 Å². The minimum Gasteiger partial charge on any atom is -0.352 e. The number of sulfonamides is 1. The molecule has 1 unspecified atom stereocenters. The summed E-state index contributed by atoms with van der Waals surface area (Å²) in [6.07, 6.45) is 5.05. The topological polar surface area (TPSA) is 86.8 Å². The zero-order chi connectivity index (χ0) is 28.2. The van der Waals surface area contributed by atoms with Gasteiger partial charge in [0.15, 0.2) is 0 Å². The standard InChI is InChI=1S/C29H33Cl2N3O4S/c1-20(29(36)32-23-11-4-3-5-12-23)34(18-25-26(30)13-8-14-27(25)31)28(35)19-33(2)39(37,38)24-16-15-21-9-6-7-10-22(21)17-24/h6-10,13-17,20,23H,3-5,11-12,18-19H2,1-2H3,(H,32,36). The van der Waals surface area contributed by atoms with Crippen molar-refractivity contribution in [3.05, 3.63) is 76.3 Å². The number of benzene rings is 3. The average molecular weight is 591 g/mol. The molecule has 3 aromatic rings. The van der Waals surface area contributed by atoms with Gasteiger partial charge in [-0.2, -0.15) is 4.31 Å². The summed E-state index contributed by atoms with van der Waals surface area (Å²) in [6.45, 7) is 1.14. The number of hydrogen-bond acceptors (Lipinski definition) is 4. The Hall–Kier alpha value is -2.65. The number of fused-ring (bicyclic) bond motifs is 1. The van der Waals surface area contributed by atoms with Gasteiger partial charge in [0.05, 0.1) is 11.4 Å². The molecule has 2 amide bonds. The lowest BCUT2D eigenvalue weighted by atomic mass is 9.95. The molecule has 0 heterocycles. The van der Waals surface area contributed by atoms with Crippen LogP contribution < -0.4 is 5.32 Å². The molecular formula is C29H33Cl2N3O4S. The lowest BCUT2D eigenvalue weighted by Gasteiger charge is -2.32. The van der Waals surface area contributed by atoms with Crippen LogP contribution in [0.15, 0.2) is 65.6 Å². The second kappa shape index (κ2) is 12.7. The molecule has 4 rings (SSSR count). The van der Waals surface area contributed by atoms with Crippen LogP contribution in [0, 0.1) is 0 Å². The van der Waals surface area contributed by atoms with Crippen molar-refractivity contribution in [1.29, 1.82) is 0 Å². The number of carbonyl (C=O) groups excluding carboxylic acids is 2. The molecule has 0 aromatic heterocycles. The molecule has 1 atom stereocenters.